The lowest BCUT2D eigenvalue weighted by molar-refractivity contribution is -0.384. The number of nitro groups is 1. The summed E-state index contributed by atoms with van der Waals surface area (Å²) in [5, 5.41) is 13.3. The molecule has 0 aliphatic carbocycles. The van der Waals surface area contributed by atoms with Gasteiger partial charge in [-0.1, -0.05) is 0 Å². The number of anilines is 2. The number of nitrogens with two attached hydrogens (primary N) is 1. The second-order valence-corrected chi connectivity index (χ2v) is 5.30. The summed E-state index contributed by atoms with van der Waals surface area (Å²) < 4.78 is 10.1. The highest BCUT2D eigenvalue weighted by atomic mass is 16.6. The lowest BCUT2D eigenvalue weighted by atomic mass is 10.2. The average Bonchev–Trinajstić information content (AvgIpc) is 2.62. The van der Waals surface area contributed by atoms with Crippen LogP contribution < -0.4 is 15.8 Å². The van der Waals surface area contributed by atoms with Crippen LogP contribution in [0.2, 0.25) is 0 Å². The van der Waals surface area contributed by atoms with Gasteiger partial charge in [0.1, 0.15) is 5.75 Å². The Morgan fingerprint density at radius 2 is 1.85 bits per heavy atom. The maximum atomic E-state index is 12.2. The molecule has 0 fully saturated rings. The number of carbonyl (C=O) groups is 2. The maximum Gasteiger partial charge on any atom is 0.338 e. The molecule has 2 aromatic carbocycles. The molecule has 0 heterocycles. The molecule has 0 aliphatic rings. The van der Waals surface area contributed by atoms with Crippen molar-refractivity contribution >= 4 is 28.9 Å². The Labute approximate surface area is 148 Å². The number of nitrogens with one attached hydrogen (secondary N) is 1. The predicted molar refractivity (Wildman–Crippen MR) is 94.0 cm³/mol. The fourth-order valence-corrected chi connectivity index (χ4v) is 2.03. The van der Waals surface area contributed by atoms with Gasteiger partial charge in [0.2, 0.25) is 0 Å². The number of nitrogens with zero attached hydrogens (tertiary/aromatic N) is 1. The molecule has 0 aromatic heterocycles. The summed E-state index contributed by atoms with van der Waals surface area (Å²) in [6.07, 6.45) is -1.10. The summed E-state index contributed by atoms with van der Waals surface area (Å²) in [7, 11) is 1.32. The van der Waals surface area contributed by atoms with Gasteiger partial charge in [-0.05, 0) is 37.3 Å². The molecular weight excluding hydrogens is 342 g/mol. The minimum absolute atomic E-state index is 0.115. The summed E-state index contributed by atoms with van der Waals surface area (Å²) in [5.41, 5.74) is 6.35. The van der Waals surface area contributed by atoms with E-state index >= 15 is 0 Å². The third-order valence-corrected chi connectivity index (χ3v) is 3.45. The van der Waals surface area contributed by atoms with Crippen LogP contribution in [0.1, 0.15) is 17.3 Å². The number of carbonyl (C=O) groups excluding carboxylic acids is 2. The molecule has 9 heteroatoms. The van der Waals surface area contributed by atoms with Gasteiger partial charge >= 0.3 is 5.97 Å². The first-order chi connectivity index (χ1) is 12.3. The molecule has 0 spiro atoms. The van der Waals surface area contributed by atoms with E-state index < -0.39 is 22.9 Å². The highest BCUT2D eigenvalue weighted by molar-refractivity contribution is 5.98. The van der Waals surface area contributed by atoms with E-state index in [0.717, 1.165) is 0 Å². The molecule has 136 valence electrons. The molecule has 3 N–H and O–H groups in total. The summed E-state index contributed by atoms with van der Waals surface area (Å²) in [6.45, 7) is 1.41. The van der Waals surface area contributed by atoms with Crippen molar-refractivity contribution in [3.8, 4) is 5.75 Å². The number of non-ortho nitro benzene ring substituents is 1. The fourth-order valence-electron chi connectivity index (χ4n) is 2.03. The van der Waals surface area contributed by atoms with E-state index in [1.54, 1.807) is 12.1 Å². The maximum absolute atomic E-state index is 12.2. The molecule has 0 aliphatic heterocycles. The smallest absolute Gasteiger partial charge is 0.338 e. The zero-order valence-corrected chi connectivity index (χ0v) is 14.1. The van der Waals surface area contributed by atoms with Gasteiger partial charge in [0.25, 0.3) is 11.6 Å². The van der Waals surface area contributed by atoms with Gasteiger partial charge < -0.3 is 20.5 Å². The van der Waals surface area contributed by atoms with Gasteiger partial charge in [-0.15, -0.1) is 0 Å². The zero-order chi connectivity index (χ0) is 19.3. The number of nitro benzene ring substituents is 1. The molecule has 1 atom stereocenters. The van der Waals surface area contributed by atoms with Crippen LogP contribution in [-0.4, -0.2) is 30.0 Å². The van der Waals surface area contributed by atoms with Crippen molar-refractivity contribution in [3.63, 3.8) is 0 Å². The van der Waals surface area contributed by atoms with Gasteiger partial charge in [-0.25, -0.2) is 4.79 Å². The lowest BCUT2D eigenvalue weighted by Crippen LogP contribution is -2.30. The number of methoxy groups -OCH3 is 1. The monoisotopic (exact) mass is 359 g/mol. The summed E-state index contributed by atoms with van der Waals surface area (Å²) in [5.74, 6) is -1.17. The highest BCUT2D eigenvalue weighted by Gasteiger charge is 2.21. The van der Waals surface area contributed by atoms with Gasteiger partial charge in [-0.2, -0.15) is 0 Å². The summed E-state index contributed by atoms with van der Waals surface area (Å²) in [6, 6.07) is 9.81. The van der Waals surface area contributed by atoms with Crippen molar-refractivity contribution in [1.29, 1.82) is 0 Å². The molecule has 1 amide bonds. The van der Waals surface area contributed by atoms with E-state index in [1.807, 2.05) is 0 Å². The Balaban J connectivity index is 2.05. The van der Waals surface area contributed by atoms with Crippen LogP contribution in [0.25, 0.3) is 0 Å². The zero-order valence-electron chi connectivity index (χ0n) is 14.1. The number of rotatable bonds is 6. The number of nitrogen functional groups attached to an aromatic ring is 1. The van der Waals surface area contributed by atoms with Crippen LogP contribution in [0, 0.1) is 10.1 Å². The Morgan fingerprint density at radius 1 is 1.19 bits per heavy atom. The molecule has 0 bridgehead atoms. The summed E-state index contributed by atoms with van der Waals surface area (Å²) >= 11 is 0. The van der Waals surface area contributed by atoms with E-state index in [4.69, 9.17) is 15.2 Å². The molecular formula is C17H17N3O6. The average molecular weight is 359 g/mol. The quantitative estimate of drug-likeness (QED) is 0.350. The van der Waals surface area contributed by atoms with Crippen LogP contribution in [0.4, 0.5) is 17.1 Å². The van der Waals surface area contributed by atoms with Gasteiger partial charge in [0.15, 0.2) is 6.10 Å². The second-order valence-electron chi connectivity index (χ2n) is 5.30. The highest BCUT2D eigenvalue weighted by Crippen LogP contribution is 2.29. The van der Waals surface area contributed by atoms with Crippen molar-refractivity contribution in [2.45, 2.75) is 13.0 Å². The number of hydrogen-bond donors (Lipinski definition) is 2. The first-order valence-corrected chi connectivity index (χ1v) is 7.51. The van der Waals surface area contributed by atoms with E-state index in [2.05, 4.69) is 5.32 Å². The van der Waals surface area contributed by atoms with Crippen molar-refractivity contribution in [3.05, 3.63) is 58.1 Å². The standard InChI is InChI=1S/C17H17N3O6/c1-10(26-17(22)11-3-5-12(18)6-4-11)16(21)19-14-8-7-13(20(23)24)9-15(14)25-2/h3-10H,18H2,1-2H3,(H,19,21)/t10-/m0/s1. The SMILES string of the molecule is COc1cc([N+](=O)[O-])ccc1NC(=O)[C@H](C)OC(=O)c1ccc(N)cc1. The summed E-state index contributed by atoms with van der Waals surface area (Å²) in [4.78, 5) is 34.5. The van der Waals surface area contributed by atoms with E-state index in [1.165, 1.54) is 44.4 Å². The minimum Gasteiger partial charge on any atom is -0.494 e. The third-order valence-electron chi connectivity index (χ3n) is 3.45. The lowest BCUT2D eigenvalue weighted by Gasteiger charge is -2.15. The van der Waals surface area contributed by atoms with Crippen LogP contribution in [0.5, 0.6) is 5.75 Å². The number of hydrogen-bond acceptors (Lipinski definition) is 7. The molecule has 26 heavy (non-hydrogen) atoms. The molecule has 0 saturated heterocycles. The van der Waals surface area contributed by atoms with Crippen molar-refractivity contribution < 1.29 is 24.0 Å². The van der Waals surface area contributed by atoms with Crippen LogP contribution in [0.15, 0.2) is 42.5 Å². The second kappa shape index (κ2) is 7.97. The van der Waals surface area contributed by atoms with Crippen molar-refractivity contribution in [2.24, 2.45) is 0 Å². The van der Waals surface area contributed by atoms with Crippen LogP contribution in [0.3, 0.4) is 0 Å². The normalized spacial score (nSPS) is 11.3. The molecule has 2 rings (SSSR count). The Hall–Kier alpha value is -3.62. The van der Waals surface area contributed by atoms with Gasteiger partial charge in [0.05, 0.1) is 29.4 Å². The molecule has 2 aromatic rings. The van der Waals surface area contributed by atoms with E-state index in [9.17, 15) is 19.7 Å². The van der Waals surface area contributed by atoms with Gasteiger partial charge in [0, 0.05) is 11.8 Å². The minimum atomic E-state index is -1.10. The predicted octanol–water partition coefficient (Wildman–Crippen LogP) is 2.37. The largest absolute Gasteiger partial charge is 0.494 e. The van der Waals surface area contributed by atoms with Crippen LogP contribution in [-0.2, 0) is 9.53 Å². The first kappa shape index (κ1) is 18.7. The van der Waals surface area contributed by atoms with Crippen molar-refractivity contribution in [2.75, 3.05) is 18.2 Å². The van der Waals surface area contributed by atoms with E-state index in [-0.39, 0.29) is 22.7 Å². The number of esters is 1. The third kappa shape index (κ3) is 4.47. The first-order valence-electron chi connectivity index (χ1n) is 7.51. The van der Waals surface area contributed by atoms with Crippen LogP contribution >= 0.6 is 0 Å². The fraction of sp³-hybridized carbons (Fsp3) is 0.176. The Bertz CT molecular complexity index is 835. The van der Waals surface area contributed by atoms with Crippen molar-refractivity contribution in [1.82, 2.24) is 0 Å². The molecule has 9 nitrogen and oxygen atoms in total. The molecule has 0 unspecified atom stereocenters. The number of amides is 1. The van der Waals surface area contributed by atoms with E-state index in [0.29, 0.717) is 5.69 Å². The Kier molecular flexibility index (Phi) is 5.74. The molecule has 0 radical (unpaired) electrons. The van der Waals surface area contributed by atoms with Gasteiger partial charge in [-0.3, -0.25) is 14.9 Å². The topological polar surface area (TPSA) is 134 Å². The molecule has 0 saturated carbocycles. The number of benzene rings is 2. The number of ether oxygens (including phenoxy) is 2. The Morgan fingerprint density at radius 3 is 2.42 bits per heavy atom.